The number of fused-ring (bicyclic) bond motifs is 1. The fourth-order valence-corrected chi connectivity index (χ4v) is 4.54. The SMILES string of the molecule is CCC(C)c1ccc(NC(=O)c2ccn(S(=O)(=O)c3ccc4[nH]ccc4c3)c2)cc1. The van der Waals surface area contributed by atoms with Crippen molar-refractivity contribution in [2.24, 2.45) is 0 Å². The van der Waals surface area contributed by atoms with Crippen LogP contribution in [-0.2, 0) is 10.0 Å². The number of H-pyrrole nitrogens is 1. The molecule has 154 valence electrons. The third kappa shape index (κ3) is 3.76. The van der Waals surface area contributed by atoms with Crippen LogP contribution in [0.2, 0.25) is 0 Å². The van der Waals surface area contributed by atoms with E-state index in [9.17, 15) is 13.2 Å². The first-order valence-electron chi connectivity index (χ1n) is 9.80. The first-order valence-corrected chi connectivity index (χ1v) is 11.2. The fraction of sp³-hybridized carbons (Fsp3) is 0.174. The lowest BCUT2D eigenvalue weighted by atomic mass is 9.99. The average molecular weight is 422 g/mol. The summed E-state index contributed by atoms with van der Waals surface area (Å²) in [5, 5.41) is 3.62. The number of aromatic amines is 1. The number of amides is 1. The molecule has 2 aromatic heterocycles. The van der Waals surface area contributed by atoms with E-state index >= 15 is 0 Å². The van der Waals surface area contributed by atoms with Gasteiger partial charge >= 0.3 is 0 Å². The second-order valence-corrected chi connectivity index (χ2v) is 9.19. The highest BCUT2D eigenvalue weighted by Gasteiger charge is 2.19. The maximum Gasteiger partial charge on any atom is 0.267 e. The van der Waals surface area contributed by atoms with Crippen molar-refractivity contribution in [1.29, 1.82) is 0 Å². The summed E-state index contributed by atoms with van der Waals surface area (Å²) in [5.74, 6) is 0.0980. The topological polar surface area (TPSA) is 84.0 Å². The van der Waals surface area contributed by atoms with E-state index in [-0.39, 0.29) is 16.4 Å². The van der Waals surface area contributed by atoms with E-state index in [2.05, 4.69) is 24.1 Å². The van der Waals surface area contributed by atoms with Crippen molar-refractivity contribution in [3.05, 3.63) is 84.3 Å². The Morgan fingerprint density at radius 2 is 1.87 bits per heavy atom. The molecule has 0 aliphatic carbocycles. The Labute approximate surface area is 175 Å². The van der Waals surface area contributed by atoms with Crippen molar-refractivity contribution in [3.63, 3.8) is 0 Å². The van der Waals surface area contributed by atoms with Gasteiger partial charge in [0, 0.05) is 35.2 Å². The molecule has 6 nitrogen and oxygen atoms in total. The number of hydrogen-bond acceptors (Lipinski definition) is 3. The number of anilines is 1. The lowest BCUT2D eigenvalue weighted by molar-refractivity contribution is 0.102. The molecule has 0 aliphatic rings. The Bertz CT molecular complexity index is 1300. The van der Waals surface area contributed by atoms with Gasteiger partial charge in [0.25, 0.3) is 15.9 Å². The Morgan fingerprint density at radius 1 is 1.10 bits per heavy atom. The molecule has 0 spiro atoms. The summed E-state index contributed by atoms with van der Waals surface area (Å²) in [4.78, 5) is 15.8. The van der Waals surface area contributed by atoms with Gasteiger partial charge in [-0.3, -0.25) is 4.79 Å². The molecule has 4 aromatic rings. The summed E-state index contributed by atoms with van der Waals surface area (Å²) < 4.78 is 27.0. The molecule has 7 heteroatoms. The largest absolute Gasteiger partial charge is 0.361 e. The number of nitrogens with one attached hydrogen (secondary N) is 2. The molecule has 0 fully saturated rings. The summed E-state index contributed by atoms with van der Waals surface area (Å²) in [6.45, 7) is 4.29. The molecular formula is C23H23N3O3S. The van der Waals surface area contributed by atoms with Crippen molar-refractivity contribution in [2.45, 2.75) is 31.1 Å². The standard InChI is InChI=1S/C23H23N3O3S/c1-3-16(2)17-4-6-20(7-5-17)25-23(27)19-11-13-26(15-19)30(28,29)21-8-9-22-18(14-21)10-12-24-22/h4-16,24H,3H2,1-2H3,(H,25,27). The van der Waals surface area contributed by atoms with E-state index in [0.29, 0.717) is 11.6 Å². The molecule has 1 amide bonds. The monoisotopic (exact) mass is 421 g/mol. The molecule has 0 bridgehead atoms. The normalized spacial score (nSPS) is 12.7. The van der Waals surface area contributed by atoms with E-state index in [1.807, 2.05) is 30.3 Å². The van der Waals surface area contributed by atoms with Gasteiger partial charge < -0.3 is 10.3 Å². The second-order valence-electron chi connectivity index (χ2n) is 7.35. The van der Waals surface area contributed by atoms with Gasteiger partial charge in [0.15, 0.2) is 0 Å². The molecule has 2 aromatic carbocycles. The number of aromatic nitrogens is 2. The predicted octanol–water partition coefficient (Wildman–Crippen LogP) is 4.97. The minimum Gasteiger partial charge on any atom is -0.361 e. The Hall–Kier alpha value is -3.32. The molecule has 1 atom stereocenters. The molecule has 0 saturated carbocycles. The number of rotatable bonds is 6. The van der Waals surface area contributed by atoms with E-state index < -0.39 is 10.0 Å². The van der Waals surface area contributed by atoms with E-state index in [1.54, 1.807) is 24.4 Å². The molecule has 0 aliphatic heterocycles. The third-order valence-electron chi connectivity index (χ3n) is 5.38. The van der Waals surface area contributed by atoms with Crippen molar-refractivity contribution in [3.8, 4) is 0 Å². The van der Waals surface area contributed by atoms with Gasteiger partial charge in [-0.2, -0.15) is 0 Å². The number of hydrogen-bond donors (Lipinski definition) is 2. The zero-order valence-electron chi connectivity index (χ0n) is 16.8. The lowest BCUT2D eigenvalue weighted by Gasteiger charge is -2.10. The summed E-state index contributed by atoms with van der Waals surface area (Å²) in [6.07, 6.45) is 5.52. The molecule has 0 radical (unpaired) electrons. The van der Waals surface area contributed by atoms with Crippen LogP contribution in [0.15, 0.2) is 78.1 Å². The van der Waals surface area contributed by atoms with Gasteiger partial charge in [0.05, 0.1) is 10.5 Å². The van der Waals surface area contributed by atoms with Crippen LogP contribution in [0.5, 0.6) is 0 Å². The van der Waals surface area contributed by atoms with Gasteiger partial charge in [0.2, 0.25) is 0 Å². The van der Waals surface area contributed by atoms with E-state index in [1.165, 1.54) is 24.0 Å². The minimum atomic E-state index is -3.79. The predicted molar refractivity (Wildman–Crippen MR) is 118 cm³/mol. The Balaban J connectivity index is 1.53. The summed E-state index contributed by atoms with van der Waals surface area (Å²) >= 11 is 0. The first kappa shape index (κ1) is 20.0. The molecular weight excluding hydrogens is 398 g/mol. The number of nitrogens with zero attached hydrogens (tertiary/aromatic N) is 1. The zero-order chi connectivity index (χ0) is 21.3. The van der Waals surface area contributed by atoms with Crippen molar-refractivity contribution < 1.29 is 13.2 Å². The average Bonchev–Trinajstić information content (AvgIpc) is 3.43. The Morgan fingerprint density at radius 3 is 2.60 bits per heavy atom. The Kier molecular flexibility index (Phi) is 5.22. The molecule has 2 N–H and O–H groups in total. The minimum absolute atomic E-state index is 0.165. The van der Waals surface area contributed by atoms with E-state index in [4.69, 9.17) is 0 Å². The molecule has 1 unspecified atom stereocenters. The van der Waals surface area contributed by atoms with Crippen LogP contribution in [0.4, 0.5) is 5.69 Å². The highest BCUT2D eigenvalue weighted by Crippen LogP contribution is 2.22. The van der Waals surface area contributed by atoms with E-state index in [0.717, 1.165) is 21.3 Å². The quantitative estimate of drug-likeness (QED) is 0.461. The van der Waals surface area contributed by atoms with Crippen LogP contribution in [-0.4, -0.2) is 23.3 Å². The summed E-state index contributed by atoms with van der Waals surface area (Å²) in [6, 6.07) is 15.9. The number of carbonyl (C=O) groups is 1. The van der Waals surface area contributed by atoms with Crippen LogP contribution >= 0.6 is 0 Å². The van der Waals surface area contributed by atoms with Crippen LogP contribution in [0.1, 0.15) is 42.1 Å². The first-order chi connectivity index (χ1) is 14.4. The molecule has 0 saturated heterocycles. The molecule has 30 heavy (non-hydrogen) atoms. The van der Waals surface area contributed by atoms with Crippen LogP contribution < -0.4 is 5.32 Å². The fourth-order valence-electron chi connectivity index (χ4n) is 3.31. The van der Waals surface area contributed by atoms with Crippen LogP contribution in [0, 0.1) is 0 Å². The maximum absolute atomic E-state index is 12.9. The van der Waals surface area contributed by atoms with Gasteiger partial charge in [-0.25, -0.2) is 12.4 Å². The lowest BCUT2D eigenvalue weighted by Crippen LogP contribution is -2.13. The van der Waals surface area contributed by atoms with Gasteiger partial charge in [-0.15, -0.1) is 0 Å². The van der Waals surface area contributed by atoms with Gasteiger partial charge in [-0.1, -0.05) is 26.0 Å². The van der Waals surface area contributed by atoms with Crippen LogP contribution in [0.25, 0.3) is 10.9 Å². The smallest absolute Gasteiger partial charge is 0.267 e. The van der Waals surface area contributed by atoms with Gasteiger partial charge in [-0.05, 0) is 60.4 Å². The summed E-state index contributed by atoms with van der Waals surface area (Å²) in [5.41, 5.74) is 3.01. The van der Waals surface area contributed by atoms with Crippen molar-refractivity contribution in [1.82, 2.24) is 8.96 Å². The number of carbonyl (C=O) groups excluding carboxylic acids is 1. The maximum atomic E-state index is 12.9. The highest BCUT2D eigenvalue weighted by molar-refractivity contribution is 7.90. The summed E-state index contributed by atoms with van der Waals surface area (Å²) in [7, 11) is -3.79. The number of benzene rings is 2. The second kappa shape index (κ2) is 7.84. The zero-order valence-corrected chi connectivity index (χ0v) is 17.6. The van der Waals surface area contributed by atoms with Crippen LogP contribution in [0.3, 0.4) is 0 Å². The van der Waals surface area contributed by atoms with Crippen molar-refractivity contribution in [2.75, 3.05) is 5.32 Å². The molecule has 2 heterocycles. The highest BCUT2D eigenvalue weighted by atomic mass is 32.2. The van der Waals surface area contributed by atoms with Gasteiger partial charge in [0.1, 0.15) is 0 Å². The molecule has 4 rings (SSSR count). The third-order valence-corrected chi connectivity index (χ3v) is 7.01. The van der Waals surface area contributed by atoms with Crippen molar-refractivity contribution >= 4 is 32.5 Å².